The number of carbonyl (C=O) groups is 1. The van der Waals surface area contributed by atoms with Gasteiger partial charge in [0.25, 0.3) is 5.91 Å². The standard InChI is InChI=1S/C19H22N6O3/c1-4-27-18-6-5-14(7-21-18)16-8-20-9-17(23-16)19(26)24-28-11-15-10-25(12-22-15)13(2)3/h5-10,12-13H,4,11H2,1-3H3,(H,24,26). The Morgan fingerprint density at radius 3 is 2.75 bits per heavy atom. The van der Waals surface area contributed by atoms with Crippen LogP contribution in [0.2, 0.25) is 0 Å². The van der Waals surface area contributed by atoms with Gasteiger partial charge < -0.3 is 9.30 Å². The van der Waals surface area contributed by atoms with E-state index in [0.717, 1.165) is 5.56 Å². The summed E-state index contributed by atoms with van der Waals surface area (Å²) in [6, 6.07) is 3.86. The van der Waals surface area contributed by atoms with E-state index >= 15 is 0 Å². The number of aromatic nitrogens is 5. The van der Waals surface area contributed by atoms with Gasteiger partial charge in [-0.15, -0.1) is 0 Å². The molecule has 0 aromatic carbocycles. The summed E-state index contributed by atoms with van der Waals surface area (Å²) in [7, 11) is 0. The second-order valence-corrected chi connectivity index (χ2v) is 6.23. The number of hydrogen-bond donors (Lipinski definition) is 1. The third kappa shape index (κ3) is 4.89. The van der Waals surface area contributed by atoms with Crippen LogP contribution in [0.5, 0.6) is 5.88 Å². The molecule has 0 spiro atoms. The van der Waals surface area contributed by atoms with Crippen molar-refractivity contribution in [2.24, 2.45) is 0 Å². The van der Waals surface area contributed by atoms with E-state index in [1.807, 2.05) is 23.8 Å². The minimum Gasteiger partial charge on any atom is -0.478 e. The number of nitrogens with zero attached hydrogens (tertiary/aromatic N) is 5. The van der Waals surface area contributed by atoms with Crippen molar-refractivity contribution in [3.05, 3.63) is 54.6 Å². The first-order chi connectivity index (χ1) is 13.6. The molecule has 0 unspecified atom stereocenters. The molecule has 0 fully saturated rings. The average molecular weight is 382 g/mol. The quantitative estimate of drug-likeness (QED) is 0.597. The maximum absolute atomic E-state index is 12.3. The number of nitrogens with one attached hydrogen (secondary N) is 1. The zero-order valence-electron chi connectivity index (χ0n) is 16.0. The summed E-state index contributed by atoms with van der Waals surface area (Å²) in [6.45, 7) is 6.70. The van der Waals surface area contributed by atoms with Crippen molar-refractivity contribution in [3.63, 3.8) is 0 Å². The van der Waals surface area contributed by atoms with Crippen LogP contribution in [0.4, 0.5) is 0 Å². The highest BCUT2D eigenvalue weighted by atomic mass is 16.7. The smallest absolute Gasteiger partial charge is 0.295 e. The molecule has 0 saturated carbocycles. The minimum atomic E-state index is -0.489. The van der Waals surface area contributed by atoms with Crippen LogP contribution in [0, 0.1) is 0 Å². The molecule has 0 aliphatic carbocycles. The molecule has 0 aliphatic heterocycles. The number of amides is 1. The van der Waals surface area contributed by atoms with Crippen molar-refractivity contribution >= 4 is 5.91 Å². The Labute approximate surface area is 162 Å². The number of rotatable bonds is 8. The first kappa shape index (κ1) is 19.4. The second-order valence-electron chi connectivity index (χ2n) is 6.23. The van der Waals surface area contributed by atoms with Crippen molar-refractivity contribution in [2.75, 3.05) is 6.61 Å². The molecule has 3 aromatic rings. The normalized spacial score (nSPS) is 10.9. The van der Waals surface area contributed by atoms with Gasteiger partial charge in [-0.25, -0.2) is 20.4 Å². The molecule has 0 bridgehead atoms. The lowest BCUT2D eigenvalue weighted by Crippen LogP contribution is -2.25. The highest BCUT2D eigenvalue weighted by Gasteiger charge is 2.11. The van der Waals surface area contributed by atoms with Gasteiger partial charge in [-0.2, -0.15) is 0 Å². The number of imidazole rings is 1. The molecule has 146 valence electrons. The van der Waals surface area contributed by atoms with Crippen molar-refractivity contribution in [1.82, 2.24) is 30.0 Å². The van der Waals surface area contributed by atoms with E-state index in [4.69, 9.17) is 9.57 Å². The predicted octanol–water partition coefficient (Wildman–Crippen LogP) is 2.58. The molecule has 3 aromatic heterocycles. The molecule has 1 N–H and O–H groups in total. The lowest BCUT2D eigenvalue weighted by Gasteiger charge is -2.07. The summed E-state index contributed by atoms with van der Waals surface area (Å²) >= 11 is 0. The third-order valence-electron chi connectivity index (χ3n) is 3.83. The summed E-state index contributed by atoms with van der Waals surface area (Å²) in [5.74, 6) is 0.0398. The lowest BCUT2D eigenvalue weighted by atomic mass is 10.2. The number of pyridine rings is 1. The molecule has 3 heterocycles. The van der Waals surface area contributed by atoms with E-state index in [-0.39, 0.29) is 12.3 Å². The van der Waals surface area contributed by atoms with Crippen molar-refractivity contribution in [1.29, 1.82) is 0 Å². The Morgan fingerprint density at radius 1 is 1.21 bits per heavy atom. The Balaban J connectivity index is 1.60. The summed E-state index contributed by atoms with van der Waals surface area (Å²) < 4.78 is 7.28. The van der Waals surface area contributed by atoms with Crippen LogP contribution >= 0.6 is 0 Å². The first-order valence-electron chi connectivity index (χ1n) is 8.92. The largest absolute Gasteiger partial charge is 0.478 e. The van der Waals surface area contributed by atoms with E-state index in [0.29, 0.717) is 29.9 Å². The predicted molar refractivity (Wildman–Crippen MR) is 101 cm³/mol. The van der Waals surface area contributed by atoms with Gasteiger partial charge in [0, 0.05) is 30.1 Å². The first-order valence-corrected chi connectivity index (χ1v) is 8.92. The molecule has 0 atom stereocenters. The molecule has 1 amide bonds. The maximum Gasteiger partial charge on any atom is 0.295 e. The van der Waals surface area contributed by atoms with Gasteiger partial charge in [0.1, 0.15) is 12.3 Å². The molecular formula is C19H22N6O3. The average Bonchev–Trinajstić information content (AvgIpc) is 3.18. The molecule has 28 heavy (non-hydrogen) atoms. The second kappa shape index (κ2) is 9.05. The molecular weight excluding hydrogens is 360 g/mol. The summed E-state index contributed by atoms with van der Waals surface area (Å²) in [5.41, 5.74) is 4.47. The number of hydrogen-bond acceptors (Lipinski definition) is 7. The van der Waals surface area contributed by atoms with Crippen molar-refractivity contribution < 1.29 is 14.4 Å². The molecule has 9 heteroatoms. The van der Waals surface area contributed by atoms with Crippen LogP contribution in [0.1, 0.15) is 43.0 Å². The Hall–Kier alpha value is -3.33. The Morgan fingerprint density at radius 2 is 2.07 bits per heavy atom. The van der Waals surface area contributed by atoms with Crippen LogP contribution in [0.3, 0.4) is 0 Å². The highest BCUT2D eigenvalue weighted by Crippen LogP contribution is 2.18. The fraction of sp³-hybridized carbons (Fsp3) is 0.316. The number of carbonyl (C=O) groups excluding carboxylic acids is 1. The van der Waals surface area contributed by atoms with Gasteiger partial charge >= 0.3 is 0 Å². The SMILES string of the molecule is CCOc1ccc(-c2cncc(C(=O)NOCc3cn(C(C)C)cn3)n2)cn1. The Bertz CT molecular complexity index is 923. The zero-order valence-corrected chi connectivity index (χ0v) is 16.0. The van der Waals surface area contributed by atoms with Crippen LogP contribution < -0.4 is 10.2 Å². The molecule has 9 nitrogen and oxygen atoms in total. The monoisotopic (exact) mass is 382 g/mol. The number of ether oxygens (including phenoxy) is 1. The number of hydroxylamine groups is 1. The van der Waals surface area contributed by atoms with Gasteiger partial charge in [-0.1, -0.05) is 0 Å². The lowest BCUT2D eigenvalue weighted by molar-refractivity contribution is 0.0218. The molecule has 3 rings (SSSR count). The highest BCUT2D eigenvalue weighted by molar-refractivity contribution is 5.91. The molecule has 0 radical (unpaired) electrons. The van der Waals surface area contributed by atoms with E-state index in [2.05, 4.69) is 39.3 Å². The fourth-order valence-corrected chi connectivity index (χ4v) is 2.34. The van der Waals surface area contributed by atoms with Crippen LogP contribution in [-0.2, 0) is 11.4 Å². The van der Waals surface area contributed by atoms with Crippen LogP contribution in [0.15, 0.2) is 43.2 Å². The van der Waals surface area contributed by atoms with Gasteiger partial charge in [-0.05, 0) is 26.8 Å². The topological polar surface area (TPSA) is 104 Å². The third-order valence-corrected chi connectivity index (χ3v) is 3.83. The van der Waals surface area contributed by atoms with Gasteiger partial charge in [0.15, 0.2) is 0 Å². The Kier molecular flexibility index (Phi) is 6.28. The van der Waals surface area contributed by atoms with E-state index in [1.54, 1.807) is 24.8 Å². The van der Waals surface area contributed by atoms with E-state index < -0.39 is 5.91 Å². The van der Waals surface area contributed by atoms with E-state index in [1.165, 1.54) is 6.20 Å². The van der Waals surface area contributed by atoms with Gasteiger partial charge in [0.05, 0.1) is 36.7 Å². The molecule has 0 saturated heterocycles. The molecule has 0 aliphatic rings. The minimum absolute atomic E-state index is 0.138. The summed E-state index contributed by atoms with van der Waals surface area (Å²) in [5, 5.41) is 0. The maximum atomic E-state index is 12.3. The zero-order chi connectivity index (χ0) is 19.9. The van der Waals surface area contributed by atoms with Crippen molar-refractivity contribution in [3.8, 4) is 17.1 Å². The van der Waals surface area contributed by atoms with Crippen LogP contribution in [0.25, 0.3) is 11.3 Å². The van der Waals surface area contributed by atoms with Crippen LogP contribution in [-0.4, -0.2) is 37.0 Å². The van der Waals surface area contributed by atoms with Gasteiger partial charge in [0.2, 0.25) is 5.88 Å². The summed E-state index contributed by atoms with van der Waals surface area (Å²) in [6.07, 6.45) is 8.16. The fourth-order valence-electron chi connectivity index (χ4n) is 2.34. The van der Waals surface area contributed by atoms with Crippen molar-refractivity contribution in [2.45, 2.75) is 33.4 Å². The van der Waals surface area contributed by atoms with E-state index in [9.17, 15) is 4.79 Å². The van der Waals surface area contributed by atoms with Gasteiger partial charge in [-0.3, -0.25) is 14.6 Å². The summed E-state index contributed by atoms with van der Waals surface area (Å²) in [4.78, 5) is 34.3.